The molecule has 104 valence electrons. The highest BCUT2D eigenvalue weighted by atomic mass is 16.6. The van der Waals surface area contributed by atoms with E-state index in [1.165, 1.54) is 0 Å². The summed E-state index contributed by atoms with van der Waals surface area (Å²) in [5.74, 6) is 0. The number of amides is 2. The molecule has 10 nitrogen and oxygen atoms in total. The zero-order valence-corrected chi connectivity index (χ0v) is 9.50. The molecule has 0 aromatic carbocycles. The molecule has 0 spiro atoms. The van der Waals surface area contributed by atoms with E-state index < -0.39 is 43.3 Å². The highest BCUT2D eigenvalue weighted by Crippen LogP contribution is 2.19. The number of hydrogen-bond acceptors (Lipinski definition) is 8. The van der Waals surface area contributed by atoms with E-state index in [9.17, 15) is 25.0 Å². The Kier molecular flexibility index (Phi) is 4.93. The van der Waals surface area contributed by atoms with E-state index in [4.69, 9.17) is 9.84 Å². The van der Waals surface area contributed by atoms with Crippen LogP contribution in [0.15, 0.2) is 5.29 Å². The fraction of sp³-hybridized carbons (Fsp3) is 0.875. The number of nitrogens with zero attached hydrogens (tertiary/aromatic N) is 2. The molecule has 1 aliphatic rings. The van der Waals surface area contributed by atoms with Crippen molar-refractivity contribution in [1.29, 1.82) is 0 Å². The Morgan fingerprint density at radius 3 is 2.44 bits per heavy atom. The number of nitroso groups, excluding NO2 is 1. The second-order valence-electron chi connectivity index (χ2n) is 3.80. The lowest BCUT2D eigenvalue weighted by Gasteiger charge is -2.40. The van der Waals surface area contributed by atoms with Gasteiger partial charge in [-0.05, 0) is 0 Å². The van der Waals surface area contributed by atoms with Crippen molar-refractivity contribution >= 4 is 6.03 Å². The van der Waals surface area contributed by atoms with Crippen LogP contribution in [0.25, 0.3) is 0 Å². The van der Waals surface area contributed by atoms with Gasteiger partial charge >= 0.3 is 6.03 Å². The van der Waals surface area contributed by atoms with E-state index in [2.05, 4.69) is 10.6 Å². The normalized spacial score (nSPS) is 35.9. The minimum absolute atomic E-state index is 0.418. The molecule has 1 saturated heterocycles. The van der Waals surface area contributed by atoms with Gasteiger partial charge in [0, 0.05) is 7.05 Å². The number of ether oxygens (including phenoxy) is 1. The first-order valence-electron chi connectivity index (χ1n) is 5.10. The SMILES string of the molecule is CN(N=O)C(=O)N[C@@H]1O[C@H](CO)[C@@H](O)[C@H](O)[C@@H]1O. The summed E-state index contributed by atoms with van der Waals surface area (Å²) in [6.07, 6.45) is -7.23. The third-order valence-electron chi connectivity index (χ3n) is 2.57. The molecular formula is C8H15N3O7. The largest absolute Gasteiger partial charge is 0.394 e. The van der Waals surface area contributed by atoms with Crippen molar-refractivity contribution in [2.45, 2.75) is 30.6 Å². The third kappa shape index (κ3) is 2.91. The number of aliphatic hydroxyl groups is 4. The molecule has 2 amide bonds. The Morgan fingerprint density at radius 1 is 1.33 bits per heavy atom. The second kappa shape index (κ2) is 6.02. The number of urea groups is 1. The Labute approximate surface area is 102 Å². The van der Waals surface area contributed by atoms with Gasteiger partial charge in [-0.25, -0.2) is 4.79 Å². The first kappa shape index (κ1) is 14.7. The lowest BCUT2D eigenvalue weighted by atomic mass is 9.98. The van der Waals surface area contributed by atoms with Gasteiger partial charge in [-0.2, -0.15) is 5.01 Å². The average Bonchev–Trinajstić information content (AvgIpc) is 2.38. The molecule has 5 atom stereocenters. The third-order valence-corrected chi connectivity index (χ3v) is 2.57. The standard InChI is InChI=1S/C8H15N3O7/c1-11(10-17)8(16)9-7-6(15)5(14)4(13)3(2-12)18-7/h3-7,12-15H,2H2,1H3,(H,9,16)/t3-,4-,5+,6+,7-/m1/s1. The summed E-state index contributed by atoms with van der Waals surface area (Å²) in [6, 6.07) is -0.964. The summed E-state index contributed by atoms with van der Waals surface area (Å²) < 4.78 is 4.98. The zero-order valence-electron chi connectivity index (χ0n) is 9.50. The van der Waals surface area contributed by atoms with Crippen LogP contribution in [0.2, 0.25) is 0 Å². The van der Waals surface area contributed by atoms with E-state index in [0.717, 1.165) is 7.05 Å². The summed E-state index contributed by atoms with van der Waals surface area (Å²) in [6.45, 7) is -0.612. The number of aliphatic hydroxyl groups excluding tert-OH is 4. The van der Waals surface area contributed by atoms with Gasteiger partial charge in [0.25, 0.3) is 0 Å². The predicted octanol–water partition coefficient (Wildman–Crippen LogP) is -2.89. The molecular weight excluding hydrogens is 250 g/mol. The van der Waals surface area contributed by atoms with Crippen molar-refractivity contribution in [2.75, 3.05) is 13.7 Å². The topological polar surface area (TPSA) is 152 Å². The van der Waals surface area contributed by atoms with E-state index in [-0.39, 0.29) is 0 Å². The molecule has 10 heteroatoms. The molecule has 5 N–H and O–H groups in total. The average molecular weight is 265 g/mol. The monoisotopic (exact) mass is 265 g/mol. The van der Waals surface area contributed by atoms with Crippen molar-refractivity contribution < 1.29 is 30.0 Å². The molecule has 1 heterocycles. The number of nitrogens with one attached hydrogen (secondary N) is 1. The summed E-state index contributed by atoms with van der Waals surface area (Å²) in [7, 11) is 1.08. The minimum Gasteiger partial charge on any atom is -0.394 e. The van der Waals surface area contributed by atoms with Gasteiger partial charge < -0.3 is 30.5 Å². The van der Waals surface area contributed by atoms with Gasteiger partial charge in [0.1, 0.15) is 24.4 Å². The number of rotatable bonds is 3. The summed E-state index contributed by atoms with van der Waals surface area (Å²) in [4.78, 5) is 21.4. The van der Waals surface area contributed by atoms with Crippen LogP contribution in [-0.4, -0.2) is 75.8 Å². The highest BCUT2D eigenvalue weighted by Gasteiger charge is 2.44. The fourth-order valence-electron chi connectivity index (χ4n) is 1.47. The molecule has 0 radical (unpaired) electrons. The second-order valence-corrected chi connectivity index (χ2v) is 3.80. The van der Waals surface area contributed by atoms with Crippen molar-refractivity contribution in [2.24, 2.45) is 5.29 Å². The van der Waals surface area contributed by atoms with E-state index >= 15 is 0 Å². The van der Waals surface area contributed by atoms with Gasteiger partial charge in [0.05, 0.1) is 11.9 Å². The van der Waals surface area contributed by atoms with Gasteiger partial charge in [-0.15, -0.1) is 4.91 Å². The maximum absolute atomic E-state index is 11.3. The lowest BCUT2D eigenvalue weighted by molar-refractivity contribution is -0.233. The van der Waals surface area contributed by atoms with Crippen LogP contribution < -0.4 is 5.32 Å². The van der Waals surface area contributed by atoms with Crippen molar-refractivity contribution in [3.8, 4) is 0 Å². The van der Waals surface area contributed by atoms with Gasteiger partial charge in [-0.3, -0.25) is 0 Å². The Balaban J connectivity index is 2.70. The molecule has 1 fully saturated rings. The Bertz CT molecular complexity index is 313. The lowest BCUT2D eigenvalue weighted by Crippen LogP contribution is -2.63. The van der Waals surface area contributed by atoms with Crippen molar-refractivity contribution in [3.05, 3.63) is 4.91 Å². The Morgan fingerprint density at radius 2 is 1.94 bits per heavy atom. The van der Waals surface area contributed by atoms with Crippen molar-refractivity contribution in [3.63, 3.8) is 0 Å². The van der Waals surface area contributed by atoms with E-state index in [1.54, 1.807) is 0 Å². The van der Waals surface area contributed by atoms with Crippen LogP contribution in [0.1, 0.15) is 0 Å². The summed E-state index contributed by atoms with van der Waals surface area (Å²) in [5.41, 5.74) is 0. The molecule has 18 heavy (non-hydrogen) atoms. The van der Waals surface area contributed by atoms with Crippen LogP contribution in [-0.2, 0) is 4.74 Å². The predicted molar refractivity (Wildman–Crippen MR) is 55.9 cm³/mol. The number of carbonyl (C=O) groups is 1. The molecule has 0 saturated carbocycles. The van der Waals surface area contributed by atoms with Crippen LogP contribution in [0.3, 0.4) is 0 Å². The van der Waals surface area contributed by atoms with Crippen LogP contribution in [0, 0.1) is 4.91 Å². The first-order valence-corrected chi connectivity index (χ1v) is 5.10. The Hall–Kier alpha value is -1.33. The highest BCUT2D eigenvalue weighted by molar-refractivity contribution is 5.73. The van der Waals surface area contributed by atoms with E-state index in [0.29, 0.717) is 5.01 Å². The fourth-order valence-corrected chi connectivity index (χ4v) is 1.47. The molecule has 0 unspecified atom stereocenters. The summed E-state index contributed by atoms with van der Waals surface area (Å²) in [5, 5.41) is 42.2. The molecule has 0 aromatic rings. The van der Waals surface area contributed by atoms with Gasteiger partial charge in [-0.1, -0.05) is 0 Å². The quantitative estimate of drug-likeness (QED) is 0.271. The smallest absolute Gasteiger partial charge is 0.342 e. The molecule has 0 aliphatic carbocycles. The summed E-state index contributed by atoms with van der Waals surface area (Å²) >= 11 is 0. The zero-order chi connectivity index (χ0) is 13.9. The maximum atomic E-state index is 11.3. The molecule has 1 aliphatic heterocycles. The number of carbonyl (C=O) groups excluding carboxylic acids is 1. The molecule has 0 aromatic heterocycles. The van der Waals surface area contributed by atoms with Gasteiger partial charge in [0.2, 0.25) is 0 Å². The maximum Gasteiger partial charge on any atom is 0.342 e. The molecule has 0 bridgehead atoms. The van der Waals surface area contributed by atoms with Crippen LogP contribution in [0.4, 0.5) is 4.79 Å². The van der Waals surface area contributed by atoms with Gasteiger partial charge in [0.15, 0.2) is 6.23 Å². The molecule has 1 rings (SSSR count). The number of hydrogen-bond donors (Lipinski definition) is 5. The minimum atomic E-state index is -1.60. The van der Waals surface area contributed by atoms with Crippen molar-refractivity contribution in [1.82, 2.24) is 10.3 Å². The van der Waals surface area contributed by atoms with E-state index in [1.807, 2.05) is 0 Å². The first-order chi connectivity index (χ1) is 8.42. The van der Waals surface area contributed by atoms with Crippen LogP contribution in [0.5, 0.6) is 0 Å². The van der Waals surface area contributed by atoms with Crippen LogP contribution >= 0.6 is 0 Å².